The normalized spacial score (nSPS) is 17.4. The van der Waals surface area contributed by atoms with Crippen molar-refractivity contribution in [3.8, 4) is 11.5 Å². The van der Waals surface area contributed by atoms with E-state index in [1.807, 2.05) is 6.92 Å². The molecule has 1 N–H and O–H groups in total. The smallest absolute Gasteiger partial charge is 0.243 e. The molecular weight excluding hydrogens is 428 g/mol. The summed E-state index contributed by atoms with van der Waals surface area (Å²) in [6, 6.07) is 11.3. The van der Waals surface area contributed by atoms with E-state index in [0.717, 1.165) is 0 Å². The quantitative estimate of drug-likeness (QED) is 0.690. The lowest BCUT2D eigenvalue weighted by Gasteiger charge is -2.31. The Hall–Kier alpha value is -2.29. The van der Waals surface area contributed by atoms with E-state index in [1.165, 1.54) is 23.5 Å². The number of piperidine rings is 1. The Morgan fingerprint density at radius 3 is 2.60 bits per heavy atom. The van der Waals surface area contributed by atoms with Crippen molar-refractivity contribution in [3.05, 3.63) is 47.5 Å². The van der Waals surface area contributed by atoms with E-state index in [9.17, 15) is 13.2 Å². The molecule has 3 rings (SSSR count). The maximum atomic E-state index is 13.0. The van der Waals surface area contributed by atoms with Crippen LogP contribution in [0.15, 0.2) is 47.4 Å². The van der Waals surface area contributed by atoms with Gasteiger partial charge in [0.05, 0.1) is 29.6 Å². The van der Waals surface area contributed by atoms with Gasteiger partial charge in [0.15, 0.2) is 0 Å². The zero-order chi connectivity index (χ0) is 21.7. The Balaban J connectivity index is 1.69. The first kappa shape index (κ1) is 22.4. The number of halogens is 1. The molecule has 1 aliphatic rings. The van der Waals surface area contributed by atoms with Crippen LogP contribution < -0.4 is 14.8 Å². The molecule has 9 heteroatoms. The van der Waals surface area contributed by atoms with Crippen LogP contribution in [0.2, 0.25) is 5.02 Å². The molecule has 0 saturated carbocycles. The van der Waals surface area contributed by atoms with E-state index in [4.69, 9.17) is 21.1 Å². The monoisotopic (exact) mass is 452 g/mol. The standard InChI is InChI=1S/C21H25ClN2O5S/c1-3-29-17-7-9-18(10-8-17)30(26,27)24-12-4-5-15(14-24)21(25)23-16-6-11-20(28-2)19(22)13-16/h6-11,13,15H,3-5,12,14H2,1-2H3,(H,23,25)/t15-/m1/s1. The van der Waals surface area contributed by atoms with Crippen LogP contribution in [0.1, 0.15) is 19.8 Å². The van der Waals surface area contributed by atoms with Gasteiger partial charge in [-0.2, -0.15) is 4.31 Å². The topological polar surface area (TPSA) is 84.9 Å². The van der Waals surface area contributed by atoms with Gasteiger partial charge in [0, 0.05) is 18.8 Å². The Morgan fingerprint density at radius 2 is 1.97 bits per heavy atom. The number of nitrogens with one attached hydrogen (secondary N) is 1. The molecule has 1 amide bonds. The molecule has 30 heavy (non-hydrogen) atoms. The Labute approximate surface area is 182 Å². The maximum Gasteiger partial charge on any atom is 0.243 e. The van der Waals surface area contributed by atoms with Gasteiger partial charge in [-0.1, -0.05) is 11.6 Å². The molecule has 2 aromatic carbocycles. The van der Waals surface area contributed by atoms with Crippen LogP contribution in [0.5, 0.6) is 11.5 Å². The number of hydrogen-bond acceptors (Lipinski definition) is 5. The Morgan fingerprint density at radius 1 is 1.23 bits per heavy atom. The lowest BCUT2D eigenvalue weighted by atomic mass is 9.98. The van der Waals surface area contributed by atoms with Crippen LogP contribution in [-0.4, -0.2) is 45.4 Å². The number of sulfonamides is 1. The minimum atomic E-state index is -3.69. The highest BCUT2D eigenvalue weighted by Crippen LogP contribution is 2.29. The van der Waals surface area contributed by atoms with Gasteiger partial charge in [0.25, 0.3) is 0 Å². The van der Waals surface area contributed by atoms with Crippen molar-refractivity contribution in [1.29, 1.82) is 0 Å². The lowest BCUT2D eigenvalue weighted by Crippen LogP contribution is -2.43. The molecule has 162 valence electrons. The van der Waals surface area contributed by atoms with Gasteiger partial charge in [0.2, 0.25) is 15.9 Å². The number of rotatable bonds is 7. The summed E-state index contributed by atoms with van der Waals surface area (Å²) in [6.45, 7) is 2.89. The summed E-state index contributed by atoms with van der Waals surface area (Å²) < 4.78 is 37.9. The van der Waals surface area contributed by atoms with Gasteiger partial charge < -0.3 is 14.8 Å². The molecule has 0 aromatic heterocycles. The minimum absolute atomic E-state index is 0.130. The van der Waals surface area contributed by atoms with Gasteiger partial charge in [-0.15, -0.1) is 0 Å². The van der Waals surface area contributed by atoms with E-state index in [0.29, 0.717) is 48.2 Å². The fourth-order valence-electron chi connectivity index (χ4n) is 3.39. The Kier molecular flexibility index (Phi) is 7.23. The molecule has 2 aromatic rings. The fourth-order valence-corrected chi connectivity index (χ4v) is 5.17. The number of benzene rings is 2. The minimum Gasteiger partial charge on any atom is -0.495 e. The predicted molar refractivity (Wildman–Crippen MR) is 116 cm³/mol. The van der Waals surface area contributed by atoms with E-state index >= 15 is 0 Å². The summed E-state index contributed by atoms with van der Waals surface area (Å²) in [4.78, 5) is 12.9. The highest BCUT2D eigenvalue weighted by atomic mass is 35.5. The number of amides is 1. The molecule has 7 nitrogen and oxygen atoms in total. The van der Waals surface area contributed by atoms with Crippen molar-refractivity contribution in [2.24, 2.45) is 5.92 Å². The summed E-state index contributed by atoms with van der Waals surface area (Å²) in [6.07, 6.45) is 1.22. The summed E-state index contributed by atoms with van der Waals surface area (Å²) in [5, 5.41) is 3.21. The third-order valence-electron chi connectivity index (χ3n) is 4.95. The third-order valence-corrected chi connectivity index (χ3v) is 7.12. The number of anilines is 1. The molecule has 1 aliphatic heterocycles. The Bertz CT molecular complexity index is 995. The summed E-state index contributed by atoms with van der Waals surface area (Å²) in [7, 11) is -2.17. The molecule has 0 unspecified atom stereocenters. The number of ether oxygens (including phenoxy) is 2. The molecule has 0 bridgehead atoms. The molecule has 1 saturated heterocycles. The van der Waals surface area contributed by atoms with Crippen molar-refractivity contribution >= 4 is 33.2 Å². The molecule has 0 aliphatic carbocycles. The van der Waals surface area contributed by atoms with Gasteiger partial charge in [-0.3, -0.25) is 4.79 Å². The zero-order valence-corrected chi connectivity index (χ0v) is 18.5. The van der Waals surface area contributed by atoms with E-state index in [1.54, 1.807) is 30.3 Å². The van der Waals surface area contributed by atoms with Gasteiger partial charge in [0.1, 0.15) is 11.5 Å². The number of hydrogen-bond donors (Lipinski definition) is 1. The highest BCUT2D eigenvalue weighted by molar-refractivity contribution is 7.89. The highest BCUT2D eigenvalue weighted by Gasteiger charge is 2.33. The zero-order valence-electron chi connectivity index (χ0n) is 16.9. The lowest BCUT2D eigenvalue weighted by molar-refractivity contribution is -0.120. The summed E-state index contributed by atoms with van der Waals surface area (Å²) >= 11 is 6.11. The van der Waals surface area contributed by atoms with E-state index < -0.39 is 15.9 Å². The van der Waals surface area contributed by atoms with Gasteiger partial charge in [-0.05, 0) is 62.2 Å². The van der Waals surface area contributed by atoms with Gasteiger partial charge >= 0.3 is 0 Å². The van der Waals surface area contributed by atoms with Crippen LogP contribution in [0.3, 0.4) is 0 Å². The SMILES string of the molecule is CCOc1ccc(S(=O)(=O)N2CCC[C@@H](C(=O)Nc3ccc(OC)c(Cl)c3)C2)cc1. The first-order valence-electron chi connectivity index (χ1n) is 9.72. The summed E-state index contributed by atoms with van der Waals surface area (Å²) in [5.74, 6) is 0.449. The molecular formula is C21H25ClN2O5S. The molecule has 0 spiro atoms. The number of nitrogens with zero attached hydrogens (tertiary/aromatic N) is 1. The van der Waals surface area contributed by atoms with Crippen molar-refractivity contribution in [1.82, 2.24) is 4.31 Å². The first-order valence-corrected chi connectivity index (χ1v) is 11.5. The van der Waals surface area contributed by atoms with Crippen molar-refractivity contribution in [3.63, 3.8) is 0 Å². The van der Waals surface area contributed by atoms with E-state index in [2.05, 4.69) is 5.32 Å². The van der Waals surface area contributed by atoms with Crippen molar-refractivity contribution in [2.75, 3.05) is 32.1 Å². The largest absolute Gasteiger partial charge is 0.495 e. The summed E-state index contributed by atoms with van der Waals surface area (Å²) in [5.41, 5.74) is 0.539. The average molecular weight is 453 g/mol. The third kappa shape index (κ3) is 5.06. The molecule has 1 atom stereocenters. The first-order chi connectivity index (χ1) is 14.3. The van der Waals surface area contributed by atoms with Crippen LogP contribution in [0, 0.1) is 5.92 Å². The molecule has 1 fully saturated rings. The molecule has 0 radical (unpaired) electrons. The van der Waals surface area contributed by atoms with Crippen molar-refractivity contribution in [2.45, 2.75) is 24.7 Å². The molecule has 1 heterocycles. The predicted octanol–water partition coefficient (Wildman–Crippen LogP) is 3.79. The van der Waals surface area contributed by atoms with Crippen LogP contribution in [-0.2, 0) is 14.8 Å². The number of carbonyl (C=O) groups is 1. The number of methoxy groups -OCH3 is 1. The van der Waals surface area contributed by atoms with Gasteiger partial charge in [-0.25, -0.2) is 8.42 Å². The second-order valence-corrected chi connectivity index (χ2v) is 9.29. The average Bonchev–Trinajstić information content (AvgIpc) is 2.74. The number of carbonyl (C=O) groups excluding carboxylic acids is 1. The van der Waals surface area contributed by atoms with Crippen molar-refractivity contribution < 1.29 is 22.7 Å². The van der Waals surface area contributed by atoms with Crippen LogP contribution >= 0.6 is 11.6 Å². The maximum absolute atomic E-state index is 13.0. The second kappa shape index (κ2) is 9.68. The second-order valence-electron chi connectivity index (χ2n) is 6.95. The van der Waals surface area contributed by atoms with Crippen LogP contribution in [0.4, 0.5) is 5.69 Å². The van der Waals surface area contributed by atoms with Crippen LogP contribution in [0.25, 0.3) is 0 Å². The fraction of sp³-hybridized carbons (Fsp3) is 0.381. The van der Waals surface area contributed by atoms with E-state index in [-0.39, 0.29) is 17.3 Å².